The SMILES string of the molecule is CCC(C)(NC(=O)c1cc(=O)[nH]c2ccccc12)C(=O)O. The number of aromatic nitrogens is 1. The summed E-state index contributed by atoms with van der Waals surface area (Å²) in [6.45, 7) is 3.10. The van der Waals surface area contributed by atoms with Gasteiger partial charge < -0.3 is 15.4 Å². The second-order valence-electron chi connectivity index (χ2n) is 5.04. The molecular formula is C15H16N2O4. The third kappa shape index (κ3) is 2.79. The number of hydrogen-bond acceptors (Lipinski definition) is 3. The fraction of sp³-hybridized carbons (Fsp3) is 0.267. The topological polar surface area (TPSA) is 99.3 Å². The average molecular weight is 288 g/mol. The summed E-state index contributed by atoms with van der Waals surface area (Å²) in [5.41, 5.74) is -1.09. The van der Waals surface area contributed by atoms with Gasteiger partial charge in [0, 0.05) is 17.0 Å². The number of pyridine rings is 1. The van der Waals surface area contributed by atoms with Crippen LogP contribution < -0.4 is 10.9 Å². The first kappa shape index (κ1) is 14.8. The number of fused-ring (bicyclic) bond motifs is 1. The first-order chi connectivity index (χ1) is 9.87. The van der Waals surface area contributed by atoms with Crippen molar-refractivity contribution in [2.75, 3.05) is 0 Å². The summed E-state index contributed by atoms with van der Waals surface area (Å²) in [6.07, 6.45) is 0.231. The summed E-state index contributed by atoms with van der Waals surface area (Å²) in [4.78, 5) is 37.9. The summed E-state index contributed by atoms with van der Waals surface area (Å²) >= 11 is 0. The number of hydrogen-bond donors (Lipinski definition) is 3. The molecule has 1 amide bonds. The summed E-state index contributed by atoms with van der Waals surface area (Å²) < 4.78 is 0. The van der Waals surface area contributed by atoms with Gasteiger partial charge in [0.25, 0.3) is 5.91 Å². The zero-order valence-corrected chi connectivity index (χ0v) is 11.8. The van der Waals surface area contributed by atoms with E-state index >= 15 is 0 Å². The van der Waals surface area contributed by atoms with Crippen molar-refractivity contribution in [2.45, 2.75) is 25.8 Å². The smallest absolute Gasteiger partial charge is 0.329 e. The summed E-state index contributed by atoms with van der Waals surface area (Å²) in [5.74, 6) is -1.70. The molecule has 2 rings (SSSR count). The Morgan fingerprint density at radius 2 is 2.00 bits per heavy atom. The Morgan fingerprint density at radius 1 is 1.33 bits per heavy atom. The van der Waals surface area contributed by atoms with Gasteiger partial charge in [-0.05, 0) is 19.4 Å². The van der Waals surface area contributed by atoms with Gasteiger partial charge in [-0.2, -0.15) is 0 Å². The van der Waals surface area contributed by atoms with E-state index in [1.807, 2.05) is 0 Å². The van der Waals surface area contributed by atoms with Crippen LogP contribution in [0.3, 0.4) is 0 Å². The van der Waals surface area contributed by atoms with E-state index in [1.54, 1.807) is 31.2 Å². The number of aromatic amines is 1. The number of rotatable bonds is 4. The molecule has 1 aromatic heterocycles. The lowest BCUT2D eigenvalue weighted by Crippen LogP contribution is -2.51. The molecule has 0 spiro atoms. The van der Waals surface area contributed by atoms with Gasteiger partial charge in [-0.15, -0.1) is 0 Å². The van der Waals surface area contributed by atoms with Crippen molar-refractivity contribution in [3.63, 3.8) is 0 Å². The number of benzene rings is 1. The molecule has 1 unspecified atom stereocenters. The van der Waals surface area contributed by atoms with Crippen LogP contribution in [0.4, 0.5) is 0 Å². The number of carboxylic acid groups (broad SMARTS) is 1. The van der Waals surface area contributed by atoms with Crippen molar-refractivity contribution in [3.05, 3.63) is 46.2 Å². The molecule has 0 saturated carbocycles. The molecule has 0 saturated heterocycles. The first-order valence-corrected chi connectivity index (χ1v) is 6.55. The number of amides is 1. The van der Waals surface area contributed by atoms with E-state index in [4.69, 9.17) is 0 Å². The molecule has 6 heteroatoms. The van der Waals surface area contributed by atoms with Gasteiger partial charge in [0.15, 0.2) is 0 Å². The van der Waals surface area contributed by atoms with Crippen LogP contribution in [0.2, 0.25) is 0 Å². The molecule has 110 valence electrons. The minimum atomic E-state index is -1.37. The fourth-order valence-corrected chi connectivity index (χ4v) is 2.00. The number of para-hydroxylation sites is 1. The van der Waals surface area contributed by atoms with Gasteiger partial charge in [0.05, 0.1) is 5.56 Å². The third-order valence-electron chi connectivity index (χ3n) is 3.56. The van der Waals surface area contributed by atoms with Crippen molar-refractivity contribution in [3.8, 4) is 0 Å². The molecule has 0 aliphatic carbocycles. The zero-order valence-electron chi connectivity index (χ0n) is 11.8. The van der Waals surface area contributed by atoms with Crippen molar-refractivity contribution in [2.24, 2.45) is 0 Å². The standard InChI is InChI=1S/C15H16N2O4/c1-3-15(2,14(20)21)17-13(19)10-8-12(18)16-11-7-5-4-6-9(10)11/h4-8H,3H2,1-2H3,(H,16,18)(H,17,19)(H,20,21). The van der Waals surface area contributed by atoms with Crippen LogP contribution in [0.1, 0.15) is 30.6 Å². The molecular weight excluding hydrogens is 272 g/mol. The quantitative estimate of drug-likeness (QED) is 0.794. The Balaban J connectivity index is 2.49. The van der Waals surface area contributed by atoms with E-state index in [0.717, 1.165) is 0 Å². The van der Waals surface area contributed by atoms with Crippen molar-refractivity contribution in [1.82, 2.24) is 10.3 Å². The monoisotopic (exact) mass is 288 g/mol. The van der Waals surface area contributed by atoms with E-state index in [-0.39, 0.29) is 12.0 Å². The second-order valence-corrected chi connectivity index (χ2v) is 5.04. The van der Waals surface area contributed by atoms with E-state index in [0.29, 0.717) is 10.9 Å². The number of nitrogens with one attached hydrogen (secondary N) is 2. The highest BCUT2D eigenvalue weighted by molar-refractivity contribution is 6.07. The molecule has 1 heterocycles. The highest BCUT2D eigenvalue weighted by Crippen LogP contribution is 2.17. The van der Waals surface area contributed by atoms with Gasteiger partial charge >= 0.3 is 5.97 Å². The highest BCUT2D eigenvalue weighted by atomic mass is 16.4. The molecule has 0 aliphatic rings. The van der Waals surface area contributed by atoms with Gasteiger partial charge in [0.2, 0.25) is 5.56 Å². The highest BCUT2D eigenvalue weighted by Gasteiger charge is 2.33. The van der Waals surface area contributed by atoms with Crippen LogP contribution in [-0.4, -0.2) is 27.5 Å². The minimum absolute atomic E-state index is 0.162. The van der Waals surface area contributed by atoms with E-state index in [2.05, 4.69) is 10.3 Å². The predicted octanol–water partition coefficient (Wildman–Crippen LogP) is 1.51. The van der Waals surface area contributed by atoms with Crippen LogP contribution in [0.5, 0.6) is 0 Å². The van der Waals surface area contributed by atoms with E-state index < -0.39 is 23.0 Å². The Hall–Kier alpha value is -2.63. The lowest BCUT2D eigenvalue weighted by molar-refractivity contribution is -0.143. The molecule has 6 nitrogen and oxygen atoms in total. The summed E-state index contributed by atoms with van der Waals surface area (Å²) in [7, 11) is 0. The number of carboxylic acids is 1. The van der Waals surface area contributed by atoms with Crippen molar-refractivity contribution >= 4 is 22.8 Å². The van der Waals surface area contributed by atoms with Crippen LogP contribution in [-0.2, 0) is 4.79 Å². The maximum absolute atomic E-state index is 12.4. The van der Waals surface area contributed by atoms with Gasteiger partial charge in [0.1, 0.15) is 5.54 Å². The second kappa shape index (κ2) is 5.40. The molecule has 0 aliphatic heterocycles. The van der Waals surface area contributed by atoms with Crippen LogP contribution >= 0.6 is 0 Å². The van der Waals surface area contributed by atoms with E-state index in [9.17, 15) is 19.5 Å². The number of H-pyrrole nitrogens is 1. The molecule has 0 fully saturated rings. The minimum Gasteiger partial charge on any atom is -0.480 e. The average Bonchev–Trinajstić information content (AvgIpc) is 2.45. The number of aliphatic carboxylic acids is 1. The summed E-state index contributed by atoms with van der Waals surface area (Å²) in [5, 5.41) is 12.3. The molecule has 21 heavy (non-hydrogen) atoms. The van der Waals surface area contributed by atoms with Gasteiger partial charge in [-0.25, -0.2) is 4.79 Å². The number of carbonyl (C=O) groups is 2. The van der Waals surface area contributed by atoms with Crippen LogP contribution in [0.25, 0.3) is 10.9 Å². The van der Waals surface area contributed by atoms with Crippen LogP contribution in [0, 0.1) is 0 Å². The fourth-order valence-electron chi connectivity index (χ4n) is 2.00. The normalized spacial score (nSPS) is 13.6. The predicted molar refractivity (Wildman–Crippen MR) is 78.4 cm³/mol. The Morgan fingerprint density at radius 3 is 2.62 bits per heavy atom. The zero-order chi connectivity index (χ0) is 15.6. The maximum atomic E-state index is 12.4. The van der Waals surface area contributed by atoms with E-state index in [1.165, 1.54) is 13.0 Å². The van der Waals surface area contributed by atoms with Gasteiger partial charge in [-0.3, -0.25) is 9.59 Å². The molecule has 2 aromatic rings. The Kier molecular flexibility index (Phi) is 3.80. The summed E-state index contributed by atoms with van der Waals surface area (Å²) in [6, 6.07) is 8.05. The first-order valence-electron chi connectivity index (χ1n) is 6.55. The third-order valence-corrected chi connectivity index (χ3v) is 3.56. The largest absolute Gasteiger partial charge is 0.480 e. The Bertz CT molecular complexity index is 766. The lowest BCUT2D eigenvalue weighted by Gasteiger charge is -2.24. The van der Waals surface area contributed by atoms with Crippen LogP contribution in [0.15, 0.2) is 35.1 Å². The van der Waals surface area contributed by atoms with Crippen molar-refractivity contribution in [1.29, 1.82) is 0 Å². The van der Waals surface area contributed by atoms with Crippen molar-refractivity contribution < 1.29 is 14.7 Å². The molecule has 1 atom stereocenters. The molecule has 3 N–H and O–H groups in total. The molecule has 0 radical (unpaired) electrons. The Labute approximate surface area is 120 Å². The molecule has 0 bridgehead atoms. The van der Waals surface area contributed by atoms with Gasteiger partial charge in [-0.1, -0.05) is 25.1 Å². The molecule has 1 aromatic carbocycles. The maximum Gasteiger partial charge on any atom is 0.329 e. The number of carbonyl (C=O) groups excluding carboxylic acids is 1. The lowest BCUT2D eigenvalue weighted by atomic mass is 9.98.